The number of benzene rings is 2. The van der Waals surface area contributed by atoms with Crippen LogP contribution in [0.3, 0.4) is 0 Å². The normalized spacial score (nSPS) is 14.6. The van der Waals surface area contributed by atoms with Crippen LogP contribution in [0.1, 0.15) is 30.9 Å². The first-order valence-electron chi connectivity index (χ1n) is 9.51. The van der Waals surface area contributed by atoms with Gasteiger partial charge < -0.3 is 5.32 Å². The lowest BCUT2D eigenvalue weighted by atomic mass is 10.1. The summed E-state index contributed by atoms with van der Waals surface area (Å²) in [6.45, 7) is 3.48. The molecule has 1 aliphatic rings. The van der Waals surface area contributed by atoms with E-state index in [2.05, 4.69) is 34.6 Å². The Balaban J connectivity index is 1.51. The molecule has 5 nitrogen and oxygen atoms in total. The molecule has 27 heavy (non-hydrogen) atoms. The van der Waals surface area contributed by atoms with E-state index in [1.54, 1.807) is 0 Å². The average molecular weight is 365 g/mol. The largest absolute Gasteiger partial charge is 0.334 e. The van der Waals surface area contributed by atoms with Crippen LogP contribution in [0.15, 0.2) is 60.7 Å². The second kappa shape index (κ2) is 9.33. The molecule has 1 unspecified atom stereocenters. The lowest BCUT2D eigenvalue weighted by Crippen LogP contribution is -2.46. The first kappa shape index (κ1) is 19.1. The number of amides is 3. The zero-order valence-corrected chi connectivity index (χ0v) is 15.7. The van der Waals surface area contributed by atoms with Crippen molar-refractivity contribution in [3.8, 4) is 0 Å². The van der Waals surface area contributed by atoms with Crippen molar-refractivity contribution in [1.82, 2.24) is 15.5 Å². The Morgan fingerprint density at radius 3 is 2.19 bits per heavy atom. The van der Waals surface area contributed by atoms with Crippen molar-refractivity contribution in [2.24, 2.45) is 5.92 Å². The van der Waals surface area contributed by atoms with E-state index in [-0.39, 0.29) is 12.5 Å². The highest BCUT2D eigenvalue weighted by Crippen LogP contribution is 2.35. The highest BCUT2D eigenvalue weighted by atomic mass is 16.2. The molecule has 2 aromatic rings. The van der Waals surface area contributed by atoms with Crippen molar-refractivity contribution >= 4 is 11.9 Å². The van der Waals surface area contributed by atoms with Crippen LogP contribution in [-0.2, 0) is 17.9 Å². The third-order valence-electron chi connectivity index (χ3n) is 5.00. The Bertz CT molecular complexity index is 745. The standard InChI is InChI=1S/C22H27N3O2/c1-17(20-12-13-20)25(15-19-10-6-3-7-11-19)16-21(26)24-22(27)23-14-18-8-4-2-5-9-18/h2-11,17,20H,12-16H2,1H3,(H2,23,24,26,27). The molecule has 0 heterocycles. The van der Waals surface area contributed by atoms with Gasteiger partial charge in [0.15, 0.2) is 0 Å². The molecule has 142 valence electrons. The fourth-order valence-electron chi connectivity index (χ4n) is 3.21. The summed E-state index contributed by atoms with van der Waals surface area (Å²) in [4.78, 5) is 26.6. The minimum Gasteiger partial charge on any atom is -0.334 e. The predicted octanol–water partition coefficient (Wildman–Crippen LogP) is 3.31. The Labute approximate surface area is 160 Å². The minimum absolute atomic E-state index is 0.214. The predicted molar refractivity (Wildman–Crippen MR) is 106 cm³/mol. The molecule has 0 radical (unpaired) electrons. The monoisotopic (exact) mass is 365 g/mol. The summed E-state index contributed by atoms with van der Waals surface area (Å²) in [5, 5.41) is 5.18. The maximum absolute atomic E-state index is 12.4. The van der Waals surface area contributed by atoms with E-state index < -0.39 is 6.03 Å². The summed E-state index contributed by atoms with van der Waals surface area (Å²) < 4.78 is 0. The van der Waals surface area contributed by atoms with Gasteiger partial charge >= 0.3 is 6.03 Å². The summed E-state index contributed by atoms with van der Waals surface area (Å²) in [7, 11) is 0. The van der Waals surface area contributed by atoms with Crippen LogP contribution < -0.4 is 10.6 Å². The van der Waals surface area contributed by atoms with Gasteiger partial charge in [-0.05, 0) is 36.8 Å². The molecule has 2 aromatic carbocycles. The van der Waals surface area contributed by atoms with Gasteiger partial charge in [-0.3, -0.25) is 15.0 Å². The van der Waals surface area contributed by atoms with Crippen LogP contribution in [0.5, 0.6) is 0 Å². The van der Waals surface area contributed by atoms with E-state index in [0.29, 0.717) is 25.0 Å². The molecule has 2 N–H and O–H groups in total. The summed E-state index contributed by atoms with van der Waals surface area (Å²) in [5.41, 5.74) is 2.17. The topological polar surface area (TPSA) is 61.4 Å². The second-order valence-corrected chi connectivity index (χ2v) is 7.19. The number of nitrogens with zero attached hydrogens (tertiary/aromatic N) is 1. The molecule has 0 saturated heterocycles. The number of carbonyl (C=O) groups is 2. The Morgan fingerprint density at radius 1 is 1.00 bits per heavy atom. The van der Waals surface area contributed by atoms with Crippen LogP contribution in [-0.4, -0.2) is 29.4 Å². The number of carbonyl (C=O) groups excluding carboxylic acids is 2. The van der Waals surface area contributed by atoms with Crippen molar-refractivity contribution in [1.29, 1.82) is 0 Å². The molecular weight excluding hydrogens is 338 g/mol. The van der Waals surface area contributed by atoms with Gasteiger partial charge in [-0.25, -0.2) is 4.79 Å². The molecule has 0 aliphatic heterocycles. The van der Waals surface area contributed by atoms with Gasteiger partial charge in [0.25, 0.3) is 0 Å². The highest BCUT2D eigenvalue weighted by Gasteiger charge is 2.32. The molecule has 0 bridgehead atoms. The summed E-state index contributed by atoms with van der Waals surface area (Å²) >= 11 is 0. The number of urea groups is 1. The molecule has 5 heteroatoms. The lowest BCUT2D eigenvalue weighted by molar-refractivity contribution is -0.121. The van der Waals surface area contributed by atoms with E-state index in [1.807, 2.05) is 48.5 Å². The first-order chi connectivity index (χ1) is 13.1. The van der Waals surface area contributed by atoms with E-state index in [0.717, 1.165) is 5.56 Å². The molecule has 0 spiro atoms. The van der Waals surface area contributed by atoms with E-state index >= 15 is 0 Å². The summed E-state index contributed by atoms with van der Waals surface area (Å²) in [6, 6.07) is 19.6. The highest BCUT2D eigenvalue weighted by molar-refractivity contribution is 5.95. The zero-order valence-electron chi connectivity index (χ0n) is 15.7. The fraction of sp³-hybridized carbons (Fsp3) is 0.364. The summed E-state index contributed by atoms with van der Waals surface area (Å²) in [6.07, 6.45) is 2.43. The molecule has 1 aliphatic carbocycles. The van der Waals surface area contributed by atoms with Crippen molar-refractivity contribution in [3.05, 3.63) is 71.8 Å². The fourth-order valence-corrected chi connectivity index (χ4v) is 3.21. The Hall–Kier alpha value is -2.66. The molecule has 0 aromatic heterocycles. The van der Waals surface area contributed by atoms with E-state index in [1.165, 1.54) is 18.4 Å². The maximum Gasteiger partial charge on any atom is 0.321 e. The van der Waals surface area contributed by atoms with Crippen LogP contribution >= 0.6 is 0 Å². The van der Waals surface area contributed by atoms with Gasteiger partial charge in [-0.1, -0.05) is 60.7 Å². The van der Waals surface area contributed by atoms with Crippen LogP contribution in [0.4, 0.5) is 4.79 Å². The lowest BCUT2D eigenvalue weighted by Gasteiger charge is -2.28. The van der Waals surface area contributed by atoms with Crippen molar-refractivity contribution in [2.75, 3.05) is 6.54 Å². The van der Waals surface area contributed by atoms with Gasteiger partial charge in [-0.15, -0.1) is 0 Å². The van der Waals surface area contributed by atoms with Gasteiger partial charge in [0, 0.05) is 19.1 Å². The molecule has 1 saturated carbocycles. The Kier molecular flexibility index (Phi) is 6.60. The van der Waals surface area contributed by atoms with Crippen molar-refractivity contribution < 1.29 is 9.59 Å². The second-order valence-electron chi connectivity index (χ2n) is 7.19. The molecule has 3 rings (SSSR count). The molecule has 1 fully saturated rings. The quantitative estimate of drug-likeness (QED) is 0.754. The zero-order chi connectivity index (χ0) is 19.1. The first-order valence-corrected chi connectivity index (χ1v) is 9.51. The number of hydrogen-bond acceptors (Lipinski definition) is 3. The molecule has 3 amide bonds. The smallest absolute Gasteiger partial charge is 0.321 e. The van der Waals surface area contributed by atoms with E-state index in [9.17, 15) is 9.59 Å². The number of rotatable bonds is 8. The number of imide groups is 1. The SMILES string of the molecule is CC(C1CC1)N(CC(=O)NC(=O)NCc1ccccc1)Cc1ccccc1. The van der Waals surface area contributed by atoms with Crippen molar-refractivity contribution in [3.63, 3.8) is 0 Å². The molecular formula is C22H27N3O2. The number of hydrogen-bond donors (Lipinski definition) is 2. The van der Waals surface area contributed by atoms with Gasteiger partial charge in [0.05, 0.1) is 6.54 Å². The third-order valence-corrected chi connectivity index (χ3v) is 5.00. The van der Waals surface area contributed by atoms with Gasteiger partial charge in [-0.2, -0.15) is 0 Å². The third kappa shape index (κ3) is 6.22. The van der Waals surface area contributed by atoms with Gasteiger partial charge in [0.2, 0.25) is 5.91 Å². The van der Waals surface area contributed by atoms with Crippen LogP contribution in [0.25, 0.3) is 0 Å². The van der Waals surface area contributed by atoms with Crippen molar-refractivity contribution in [2.45, 2.75) is 38.9 Å². The van der Waals surface area contributed by atoms with Gasteiger partial charge in [0.1, 0.15) is 0 Å². The van der Waals surface area contributed by atoms with E-state index in [4.69, 9.17) is 0 Å². The average Bonchev–Trinajstić information content (AvgIpc) is 3.52. The summed E-state index contributed by atoms with van der Waals surface area (Å²) in [5.74, 6) is 0.373. The molecule has 1 atom stereocenters. The van der Waals surface area contributed by atoms with Crippen LogP contribution in [0.2, 0.25) is 0 Å². The number of nitrogens with one attached hydrogen (secondary N) is 2. The minimum atomic E-state index is -0.456. The Morgan fingerprint density at radius 2 is 1.59 bits per heavy atom. The maximum atomic E-state index is 12.4. The van der Waals surface area contributed by atoms with Crippen LogP contribution in [0, 0.1) is 5.92 Å².